The second kappa shape index (κ2) is 5.52. The van der Waals surface area contributed by atoms with Crippen molar-refractivity contribution in [1.82, 2.24) is 0 Å². The van der Waals surface area contributed by atoms with Gasteiger partial charge in [0.2, 0.25) is 0 Å². The van der Waals surface area contributed by atoms with Crippen LogP contribution in [-0.2, 0) is 16.1 Å². The zero-order valence-corrected chi connectivity index (χ0v) is 15.1. The molecule has 2 heterocycles. The van der Waals surface area contributed by atoms with Crippen molar-refractivity contribution in [3.63, 3.8) is 0 Å². The van der Waals surface area contributed by atoms with E-state index in [0.717, 1.165) is 23.4 Å². The van der Waals surface area contributed by atoms with Crippen LogP contribution in [0.25, 0.3) is 0 Å². The smallest absolute Gasteiger partial charge is 0.0936 e. The number of fused-ring (bicyclic) bond motifs is 2. The number of alkyl halides is 1. The standard InChI is InChI=1S/C17H22BrClO2/c1-11(2)17-9-15(16(3,21-17)8-14(17)18)20-10-12-6-4-5-7-13(12)19/h4-7,11,14-15H,8-10H2,1-3H3. The van der Waals surface area contributed by atoms with Gasteiger partial charge in [-0.3, -0.25) is 0 Å². The monoisotopic (exact) mass is 372 g/mol. The normalized spacial score (nSPS) is 38.4. The molecule has 0 spiro atoms. The lowest BCUT2D eigenvalue weighted by Crippen LogP contribution is -2.44. The zero-order valence-electron chi connectivity index (χ0n) is 12.7. The summed E-state index contributed by atoms with van der Waals surface area (Å²) in [5.74, 6) is 0.470. The van der Waals surface area contributed by atoms with Crippen molar-refractivity contribution in [2.45, 2.75) is 62.4 Å². The van der Waals surface area contributed by atoms with E-state index in [1.165, 1.54) is 0 Å². The van der Waals surface area contributed by atoms with E-state index in [1.54, 1.807) is 0 Å². The minimum absolute atomic E-state index is 0.0973. The molecule has 0 aliphatic carbocycles. The van der Waals surface area contributed by atoms with Gasteiger partial charge in [0, 0.05) is 16.3 Å². The fourth-order valence-electron chi connectivity index (χ4n) is 3.70. The van der Waals surface area contributed by atoms with Crippen molar-refractivity contribution in [2.24, 2.45) is 5.92 Å². The summed E-state index contributed by atoms with van der Waals surface area (Å²) >= 11 is 10.0. The van der Waals surface area contributed by atoms with Crippen LogP contribution in [0.3, 0.4) is 0 Å². The average Bonchev–Trinajstić information content (AvgIpc) is 2.86. The Morgan fingerprint density at radius 1 is 1.38 bits per heavy atom. The van der Waals surface area contributed by atoms with Gasteiger partial charge in [0.05, 0.1) is 23.9 Å². The quantitative estimate of drug-likeness (QED) is 0.694. The summed E-state index contributed by atoms with van der Waals surface area (Å²) in [6.07, 6.45) is 2.07. The van der Waals surface area contributed by atoms with E-state index in [-0.39, 0.29) is 17.3 Å². The Hall–Kier alpha value is -0.0900. The first-order valence-electron chi connectivity index (χ1n) is 7.57. The van der Waals surface area contributed by atoms with E-state index >= 15 is 0 Å². The Kier molecular flexibility index (Phi) is 4.15. The SMILES string of the molecule is CC(C)C12CC(OCc3ccccc3Cl)C(C)(CC1Br)O2. The van der Waals surface area contributed by atoms with Crippen molar-refractivity contribution in [2.75, 3.05) is 0 Å². The van der Waals surface area contributed by atoms with Crippen LogP contribution in [-0.4, -0.2) is 22.1 Å². The Balaban J connectivity index is 1.73. The second-order valence-corrected chi connectivity index (χ2v) is 8.30. The van der Waals surface area contributed by atoms with Gasteiger partial charge in [0.1, 0.15) is 0 Å². The molecular weight excluding hydrogens is 352 g/mol. The lowest BCUT2D eigenvalue weighted by molar-refractivity contribution is -0.0955. The molecule has 2 nitrogen and oxygen atoms in total. The predicted molar refractivity (Wildman–Crippen MR) is 89.0 cm³/mol. The molecule has 2 saturated heterocycles. The minimum atomic E-state index is -0.195. The molecule has 2 aliphatic heterocycles. The number of ether oxygens (including phenoxy) is 2. The molecule has 0 aromatic heterocycles. The molecule has 4 unspecified atom stereocenters. The fraction of sp³-hybridized carbons (Fsp3) is 0.647. The minimum Gasteiger partial charge on any atom is -0.370 e. The van der Waals surface area contributed by atoms with Crippen molar-refractivity contribution in [3.8, 4) is 0 Å². The summed E-state index contributed by atoms with van der Waals surface area (Å²) < 4.78 is 12.6. The molecule has 0 radical (unpaired) electrons. The van der Waals surface area contributed by atoms with E-state index < -0.39 is 0 Å². The third kappa shape index (κ3) is 2.56. The Morgan fingerprint density at radius 2 is 2.10 bits per heavy atom. The first kappa shape index (κ1) is 15.8. The molecule has 4 heteroatoms. The van der Waals surface area contributed by atoms with Gasteiger partial charge >= 0.3 is 0 Å². The van der Waals surface area contributed by atoms with Crippen molar-refractivity contribution in [1.29, 1.82) is 0 Å². The Morgan fingerprint density at radius 3 is 2.71 bits per heavy atom. The molecule has 0 amide bonds. The molecule has 2 fully saturated rings. The highest BCUT2D eigenvalue weighted by Crippen LogP contribution is 2.57. The number of rotatable bonds is 4. The number of hydrogen-bond acceptors (Lipinski definition) is 2. The molecule has 2 bridgehead atoms. The number of halogens is 2. The van der Waals surface area contributed by atoms with Crippen LogP contribution in [0.15, 0.2) is 24.3 Å². The predicted octanol–water partition coefficient (Wildman–Crippen LogP) is 4.97. The van der Waals surface area contributed by atoms with Gasteiger partial charge < -0.3 is 9.47 Å². The summed E-state index contributed by atoms with van der Waals surface area (Å²) in [7, 11) is 0. The van der Waals surface area contributed by atoms with Gasteiger partial charge in [0.25, 0.3) is 0 Å². The molecule has 4 atom stereocenters. The van der Waals surface area contributed by atoms with Crippen LogP contribution in [0.1, 0.15) is 39.2 Å². The van der Waals surface area contributed by atoms with E-state index in [4.69, 9.17) is 21.1 Å². The summed E-state index contributed by atoms with van der Waals surface area (Å²) in [6, 6.07) is 7.86. The van der Waals surface area contributed by atoms with Crippen LogP contribution in [0.2, 0.25) is 5.02 Å². The van der Waals surface area contributed by atoms with Gasteiger partial charge in [-0.25, -0.2) is 0 Å². The van der Waals surface area contributed by atoms with Crippen LogP contribution < -0.4 is 0 Å². The summed E-state index contributed by atoms with van der Waals surface area (Å²) in [5, 5.41) is 0.767. The van der Waals surface area contributed by atoms with Gasteiger partial charge in [-0.1, -0.05) is 59.6 Å². The number of benzene rings is 1. The first-order valence-corrected chi connectivity index (χ1v) is 8.86. The Bertz CT molecular complexity index is 535. The van der Waals surface area contributed by atoms with E-state index in [1.807, 2.05) is 24.3 Å². The van der Waals surface area contributed by atoms with Gasteiger partial charge in [-0.05, 0) is 30.9 Å². The molecular formula is C17H22BrClO2. The maximum atomic E-state index is 6.45. The van der Waals surface area contributed by atoms with Gasteiger partial charge in [-0.15, -0.1) is 0 Å². The molecule has 0 saturated carbocycles. The largest absolute Gasteiger partial charge is 0.370 e. The highest BCUT2D eigenvalue weighted by molar-refractivity contribution is 9.09. The second-order valence-electron chi connectivity index (χ2n) is 6.79. The summed E-state index contributed by atoms with van der Waals surface area (Å²) in [4.78, 5) is 0.412. The highest BCUT2D eigenvalue weighted by atomic mass is 79.9. The maximum Gasteiger partial charge on any atom is 0.0936 e. The third-order valence-corrected chi connectivity index (χ3v) is 6.57. The topological polar surface area (TPSA) is 18.5 Å². The van der Waals surface area contributed by atoms with Crippen molar-refractivity contribution in [3.05, 3.63) is 34.9 Å². The Labute approximate surface area is 140 Å². The summed E-state index contributed by atoms with van der Waals surface area (Å²) in [5.41, 5.74) is 0.749. The number of hydrogen-bond donors (Lipinski definition) is 0. The van der Waals surface area contributed by atoms with Crippen LogP contribution in [0, 0.1) is 5.92 Å². The lowest BCUT2D eigenvalue weighted by Gasteiger charge is -2.35. The van der Waals surface area contributed by atoms with E-state index in [0.29, 0.717) is 17.4 Å². The molecule has 0 N–H and O–H groups in total. The molecule has 1 aromatic rings. The van der Waals surface area contributed by atoms with Crippen molar-refractivity contribution < 1.29 is 9.47 Å². The van der Waals surface area contributed by atoms with E-state index in [2.05, 4.69) is 36.7 Å². The maximum absolute atomic E-state index is 6.45. The molecule has 1 aromatic carbocycles. The van der Waals surface area contributed by atoms with Crippen LogP contribution >= 0.6 is 27.5 Å². The first-order chi connectivity index (χ1) is 9.87. The fourth-order valence-corrected chi connectivity index (χ4v) is 5.34. The van der Waals surface area contributed by atoms with E-state index in [9.17, 15) is 0 Å². The molecule has 21 heavy (non-hydrogen) atoms. The van der Waals surface area contributed by atoms with Gasteiger partial charge in [-0.2, -0.15) is 0 Å². The zero-order chi connectivity index (χ0) is 15.3. The van der Waals surface area contributed by atoms with Crippen molar-refractivity contribution >= 4 is 27.5 Å². The summed E-state index contributed by atoms with van der Waals surface area (Å²) in [6.45, 7) is 7.19. The molecule has 116 valence electrons. The third-order valence-electron chi connectivity index (χ3n) is 5.10. The van der Waals surface area contributed by atoms with Gasteiger partial charge in [0.15, 0.2) is 0 Å². The van der Waals surface area contributed by atoms with Crippen LogP contribution in [0.5, 0.6) is 0 Å². The molecule has 2 aliphatic rings. The average molecular weight is 374 g/mol. The molecule has 3 rings (SSSR count). The highest BCUT2D eigenvalue weighted by Gasteiger charge is 2.65. The van der Waals surface area contributed by atoms with Crippen LogP contribution in [0.4, 0.5) is 0 Å². The lowest BCUT2D eigenvalue weighted by atomic mass is 9.75.